The second-order valence-corrected chi connectivity index (χ2v) is 9.00. The molecule has 1 amide bonds. The second-order valence-electron chi connectivity index (χ2n) is 7.73. The quantitative estimate of drug-likeness (QED) is 0.275. The molecule has 13 heteroatoms. The van der Waals surface area contributed by atoms with Gasteiger partial charge >= 0.3 is 6.09 Å². The summed E-state index contributed by atoms with van der Waals surface area (Å²) in [5, 5.41) is 19.4. The average molecular weight is 547 g/mol. The molecule has 5 N–H and O–H groups in total. The third-order valence-corrected chi connectivity index (χ3v) is 6.21. The molecule has 0 radical (unpaired) electrons. The van der Waals surface area contributed by atoms with Crippen molar-refractivity contribution in [3.63, 3.8) is 0 Å². The predicted octanol–water partition coefficient (Wildman–Crippen LogP) is 3.39. The maximum Gasteiger partial charge on any atom is 0.407 e. The Balaban J connectivity index is 1.37. The van der Waals surface area contributed by atoms with Crippen LogP contribution < -0.4 is 16.4 Å². The summed E-state index contributed by atoms with van der Waals surface area (Å²) >= 11 is 8.99. The summed E-state index contributed by atoms with van der Waals surface area (Å²) in [5.74, 6) is 1.52. The summed E-state index contributed by atoms with van der Waals surface area (Å²) in [6, 6.07) is 7.24. The molecule has 4 rings (SSSR count). The minimum Gasteiger partial charge on any atom is -0.465 e. The van der Waals surface area contributed by atoms with Gasteiger partial charge in [0.05, 0.1) is 11.4 Å². The van der Waals surface area contributed by atoms with Gasteiger partial charge in [-0.2, -0.15) is 4.98 Å². The van der Waals surface area contributed by atoms with Crippen molar-refractivity contribution < 1.29 is 14.4 Å². The molecular weight excluding hydrogens is 524 g/mol. The smallest absolute Gasteiger partial charge is 0.407 e. The maximum absolute atomic E-state index is 11.1. The van der Waals surface area contributed by atoms with Gasteiger partial charge in [0.15, 0.2) is 10.9 Å². The highest BCUT2D eigenvalue weighted by molar-refractivity contribution is 9.10. The molecule has 0 saturated carbocycles. The van der Waals surface area contributed by atoms with E-state index in [-0.39, 0.29) is 0 Å². The van der Waals surface area contributed by atoms with Gasteiger partial charge in [-0.25, -0.2) is 9.78 Å². The standard InChI is InChI=1S/C21H23BrN8O3S/c1-12-25-19(33-28-12)13-2-3-17(16(23)8-13)26-20(34)27-18-9-14(15(22)10-24-18)11-29-4-6-30(7-5-29)21(31)32/h2-3,8-10H,4-7,11,23H2,1H3,(H,31,32)(H2,24,26,27,34). The number of nitrogens with one attached hydrogen (secondary N) is 2. The Labute approximate surface area is 209 Å². The first kappa shape index (κ1) is 23.9. The number of aromatic nitrogens is 3. The van der Waals surface area contributed by atoms with Gasteiger partial charge in [0.2, 0.25) is 0 Å². The number of halogens is 1. The molecule has 0 unspecified atom stereocenters. The molecule has 1 aromatic carbocycles. The topological polar surface area (TPSA) is 146 Å². The fraction of sp³-hybridized carbons (Fsp3) is 0.286. The van der Waals surface area contributed by atoms with Crippen LogP contribution >= 0.6 is 28.1 Å². The lowest BCUT2D eigenvalue weighted by Crippen LogP contribution is -2.47. The Hall–Kier alpha value is -3.29. The minimum atomic E-state index is -0.878. The number of hydrogen-bond acceptors (Lipinski definition) is 8. The number of hydrogen-bond donors (Lipinski definition) is 4. The highest BCUT2D eigenvalue weighted by atomic mass is 79.9. The van der Waals surface area contributed by atoms with Crippen molar-refractivity contribution in [3.05, 3.63) is 46.3 Å². The van der Waals surface area contributed by atoms with Crippen molar-refractivity contribution in [2.45, 2.75) is 13.5 Å². The van der Waals surface area contributed by atoms with Crippen molar-refractivity contribution in [1.82, 2.24) is 24.9 Å². The first-order chi connectivity index (χ1) is 16.3. The van der Waals surface area contributed by atoms with Crippen LogP contribution in [-0.4, -0.2) is 67.4 Å². The highest BCUT2D eigenvalue weighted by Crippen LogP contribution is 2.26. The van der Waals surface area contributed by atoms with Crippen LogP contribution in [0.25, 0.3) is 11.5 Å². The molecule has 0 spiro atoms. The third-order valence-electron chi connectivity index (χ3n) is 5.29. The first-order valence-corrected chi connectivity index (χ1v) is 11.6. The molecule has 0 atom stereocenters. The van der Waals surface area contributed by atoms with Gasteiger partial charge in [-0.05, 0) is 64.9 Å². The minimum absolute atomic E-state index is 0.337. The lowest BCUT2D eigenvalue weighted by Gasteiger charge is -2.33. The molecule has 34 heavy (non-hydrogen) atoms. The van der Waals surface area contributed by atoms with Crippen LogP contribution in [-0.2, 0) is 6.54 Å². The van der Waals surface area contributed by atoms with Crippen LogP contribution in [0.4, 0.5) is 22.0 Å². The number of nitrogen functional groups attached to an aromatic ring is 1. The molecule has 1 fully saturated rings. The highest BCUT2D eigenvalue weighted by Gasteiger charge is 2.21. The van der Waals surface area contributed by atoms with Gasteiger partial charge in [0, 0.05) is 49.0 Å². The van der Waals surface area contributed by atoms with Gasteiger partial charge in [-0.15, -0.1) is 0 Å². The van der Waals surface area contributed by atoms with Crippen molar-refractivity contribution in [2.24, 2.45) is 0 Å². The number of nitrogens with zero attached hydrogens (tertiary/aromatic N) is 5. The van der Waals surface area contributed by atoms with E-state index in [0.717, 1.165) is 10.0 Å². The lowest BCUT2D eigenvalue weighted by atomic mass is 10.1. The van der Waals surface area contributed by atoms with Gasteiger partial charge in [0.25, 0.3) is 5.89 Å². The number of carboxylic acid groups (broad SMARTS) is 1. The molecule has 1 aliphatic rings. The van der Waals surface area contributed by atoms with Crippen molar-refractivity contribution in [2.75, 3.05) is 42.5 Å². The Morgan fingerprint density at radius 3 is 2.68 bits per heavy atom. The number of amides is 1. The van der Waals surface area contributed by atoms with Crippen LogP contribution in [0.15, 0.2) is 39.5 Å². The Morgan fingerprint density at radius 1 is 1.26 bits per heavy atom. The maximum atomic E-state index is 11.1. The van der Waals surface area contributed by atoms with E-state index in [9.17, 15) is 4.79 Å². The zero-order valence-electron chi connectivity index (χ0n) is 18.3. The molecule has 1 saturated heterocycles. The number of carbonyl (C=O) groups is 1. The predicted molar refractivity (Wildman–Crippen MR) is 136 cm³/mol. The zero-order valence-corrected chi connectivity index (χ0v) is 20.7. The third kappa shape index (κ3) is 5.79. The van der Waals surface area contributed by atoms with E-state index in [2.05, 4.69) is 46.6 Å². The van der Waals surface area contributed by atoms with Gasteiger partial charge in [-0.1, -0.05) is 5.16 Å². The number of pyridine rings is 1. The normalized spacial score (nSPS) is 14.1. The number of aryl methyl sites for hydroxylation is 1. The van der Waals surface area contributed by atoms with E-state index >= 15 is 0 Å². The van der Waals surface area contributed by atoms with Crippen molar-refractivity contribution in [1.29, 1.82) is 0 Å². The van der Waals surface area contributed by atoms with E-state index in [4.69, 9.17) is 27.6 Å². The number of anilines is 3. The summed E-state index contributed by atoms with van der Waals surface area (Å²) in [5.41, 5.74) is 9.01. The van der Waals surface area contributed by atoms with E-state index in [1.54, 1.807) is 25.3 Å². The Kier molecular flexibility index (Phi) is 7.24. The summed E-state index contributed by atoms with van der Waals surface area (Å²) in [6.45, 7) is 4.73. The summed E-state index contributed by atoms with van der Waals surface area (Å²) in [7, 11) is 0. The van der Waals surface area contributed by atoms with Crippen LogP contribution in [0.5, 0.6) is 0 Å². The zero-order chi connectivity index (χ0) is 24.2. The van der Waals surface area contributed by atoms with Crippen LogP contribution in [0, 0.1) is 6.92 Å². The average Bonchev–Trinajstić information content (AvgIpc) is 3.24. The second kappa shape index (κ2) is 10.3. The van der Waals surface area contributed by atoms with Crippen LogP contribution in [0.1, 0.15) is 11.4 Å². The molecule has 1 aliphatic heterocycles. The number of benzene rings is 1. The van der Waals surface area contributed by atoms with Gasteiger partial charge < -0.3 is 30.9 Å². The number of thiocarbonyl (C=S) groups is 1. The van der Waals surface area contributed by atoms with E-state index in [1.807, 2.05) is 12.1 Å². The number of rotatable bonds is 5. The molecule has 178 valence electrons. The summed E-state index contributed by atoms with van der Waals surface area (Å²) < 4.78 is 6.05. The summed E-state index contributed by atoms with van der Waals surface area (Å²) in [6.07, 6.45) is 0.834. The Morgan fingerprint density at radius 2 is 2.03 bits per heavy atom. The monoisotopic (exact) mass is 546 g/mol. The van der Waals surface area contributed by atoms with Gasteiger partial charge in [0.1, 0.15) is 5.82 Å². The Bertz CT molecular complexity index is 1210. The lowest BCUT2D eigenvalue weighted by molar-refractivity contribution is 0.103. The molecular formula is C21H23BrN8O3S. The fourth-order valence-electron chi connectivity index (χ4n) is 3.50. The van der Waals surface area contributed by atoms with Crippen molar-refractivity contribution >= 4 is 56.5 Å². The fourth-order valence-corrected chi connectivity index (χ4v) is 4.06. The molecule has 3 aromatic rings. The van der Waals surface area contributed by atoms with E-state index in [0.29, 0.717) is 72.3 Å². The van der Waals surface area contributed by atoms with E-state index in [1.165, 1.54) is 4.90 Å². The SMILES string of the molecule is Cc1noc(-c2ccc(NC(=S)Nc3cc(CN4CCN(C(=O)O)CC4)c(Br)cn3)c(N)c2)n1. The van der Waals surface area contributed by atoms with Crippen molar-refractivity contribution in [3.8, 4) is 11.5 Å². The largest absolute Gasteiger partial charge is 0.465 e. The molecule has 2 aromatic heterocycles. The molecule has 0 bridgehead atoms. The molecule has 0 aliphatic carbocycles. The van der Waals surface area contributed by atoms with E-state index < -0.39 is 6.09 Å². The molecule has 3 heterocycles. The first-order valence-electron chi connectivity index (χ1n) is 10.4. The van der Waals surface area contributed by atoms with Crippen LogP contribution in [0.2, 0.25) is 0 Å². The number of piperazine rings is 1. The number of nitrogens with two attached hydrogens (primary N) is 1. The van der Waals surface area contributed by atoms with Crippen LogP contribution in [0.3, 0.4) is 0 Å². The van der Waals surface area contributed by atoms with Gasteiger partial charge in [-0.3, -0.25) is 4.90 Å². The molecule has 11 nitrogen and oxygen atoms in total. The summed E-state index contributed by atoms with van der Waals surface area (Å²) in [4.78, 5) is 23.3.